The van der Waals surface area contributed by atoms with Gasteiger partial charge in [0.15, 0.2) is 5.17 Å². The molecule has 0 saturated carbocycles. The first-order valence-corrected chi connectivity index (χ1v) is 9.12. The van der Waals surface area contributed by atoms with Crippen molar-refractivity contribution in [2.24, 2.45) is 10.9 Å². The van der Waals surface area contributed by atoms with Crippen LogP contribution in [0.25, 0.3) is 0 Å². The molecular weight excluding hydrogens is 272 g/mol. The van der Waals surface area contributed by atoms with Gasteiger partial charge >= 0.3 is 0 Å². The van der Waals surface area contributed by atoms with Gasteiger partial charge in [0.05, 0.1) is 6.04 Å². The fraction of sp³-hybridized carbons (Fsp3) is 0.667. The molecule has 3 rings (SSSR count). The van der Waals surface area contributed by atoms with Crippen LogP contribution in [0.3, 0.4) is 0 Å². The van der Waals surface area contributed by atoms with Crippen LogP contribution in [0.5, 0.6) is 0 Å². The predicted molar refractivity (Wildman–Crippen MR) is 86.3 cm³/mol. The van der Waals surface area contributed by atoms with Crippen LogP contribution >= 0.6 is 23.1 Å². The Morgan fingerprint density at radius 1 is 1.47 bits per heavy atom. The van der Waals surface area contributed by atoms with Crippen molar-refractivity contribution in [2.45, 2.75) is 51.6 Å². The molecule has 1 aliphatic heterocycles. The smallest absolute Gasteiger partial charge is 0.157 e. The minimum absolute atomic E-state index is 0.405. The summed E-state index contributed by atoms with van der Waals surface area (Å²) in [5.74, 6) is 1.94. The first kappa shape index (κ1) is 13.5. The maximum atomic E-state index is 4.98. The lowest BCUT2D eigenvalue weighted by Gasteiger charge is -2.19. The van der Waals surface area contributed by atoms with Crippen LogP contribution in [0, 0.1) is 5.92 Å². The number of nitrogens with one attached hydrogen (secondary N) is 1. The molecule has 19 heavy (non-hydrogen) atoms. The standard InChI is InChI=1S/C15H22N2S2/c1-10(2)8-11-9-19-15(16-11)17-13-4-3-5-14-12(13)6-7-18-14/h6-7,10-11,13H,3-5,8-9H2,1-2H3,(H,16,17). The molecule has 4 heteroatoms. The third-order valence-corrected chi connectivity index (χ3v) is 5.86. The largest absolute Gasteiger partial charge is 0.361 e. The number of thiophene rings is 1. The van der Waals surface area contributed by atoms with Crippen molar-refractivity contribution in [2.75, 3.05) is 5.75 Å². The van der Waals surface area contributed by atoms with E-state index in [2.05, 4.69) is 30.6 Å². The molecule has 1 aromatic heterocycles. The molecule has 0 radical (unpaired) electrons. The topological polar surface area (TPSA) is 24.4 Å². The molecule has 1 saturated heterocycles. The van der Waals surface area contributed by atoms with Gasteiger partial charge in [-0.15, -0.1) is 11.3 Å². The highest BCUT2D eigenvalue weighted by Gasteiger charge is 2.25. The van der Waals surface area contributed by atoms with E-state index < -0.39 is 0 Å². The minimum Gasteiger partial charge on any atom is -0.361 e. The summed E-state index contributed by atoms with van der Waals surface area (Å²) in [6.45, 7) is 4.58. The molecule has 0 bridgehead atoms. The number of thioether (sulfide) groups is 1. The first-order chi connectivity index (χ1) is 9.22. The summed E-state index contributed by atoms with van der Waals surface area (Å²) >= 11 is 3.81. The maximum Gasteiger partial charge on any atom is 0.157 e. The molecule has 2 aliphatic rings. The number of hydrogen-bond donors (Lipinski definition) is 1. The third kappa shape index (κ3) is 3.16. The van der Waals surface area contributed by atoms with Crippen LogP contribution in [0.4, 0.5) is 0 Å². The van der Waals surface area contributed by atoms with Crippen molar-refractivity contribution >= 4 is 28.3 Å². The molecule has 2 heterocycles. The zero-order valence-corrected chi connectivity index (χ0v) is 13.3. The molecule has 1 N–H and O–H groups in total. The van der Waals surface area contributed by atoms with E-state index in [1.54, 1.807) is 4.88 Å². The molecule has 0 spiro atoms. The van der Waals surface area contributed by atoms with Gasteiger partial charge in [0.1, 0.15) is 0 Å². The number of nitrogens with zero attached hydrogens (tertiary/aromatic N) is 1. The second-order valence-electron chi connectivity index (χ2n) is 5.92. The van der Waals surface area contributed by atoms with E-state index in [0.717, 1.165) is 5.92 Å². The molecule has 2 unspecified atom stereocenters. The third-order valence-electron chi connectivity index (χ3n) is 3.80. The SMILES string of the molecule is CC(C)CC1CSC(=NC2CCCc3sccc32)N1. The van der Waals surface area contributed by atoms with Gasteiger partial charge in [0.25, 0.3) is 0 Å². The Morgan fingerprint density at radius 3 is 3.21 bits per heavy atom. The van der Waals surface area contributed by atoms with Gasteiger partial charge in [-0.3, -0.25) is 4.99 Å². The number of hydrogen-bond acceptors (Lipinski definition) is 3. The van der Waals surface area contributed by atoms with Gasteiger partial charge in [-0.2, -0.15) is 0 Å². The van der Waals surface area contributed by atoms with Gasteiger partial charge in [-0.05, 0) is 48.6 Å². The number of aryl methyl sites for hydroxylation is 1. The molecule has 1 aromatic rings. The number of fused-ring (bicyclic) bond motifs is 1. The lowest BCUT2D eigenvalue weighted by atomic mass is 9.95. The van der Waals surface area contributed by atoms with Crippen molar-refractivity contribution in [3.8, 4) is 0 Å². The van der Waals surface area contributed by atoms with E-state index in [1.807, 2.05) is 23.1 Å². The number of rotatable bonds is 3. The van der Waals surface area contributed by atoms with Crippen LogP contribution in [-0.2, 0) is 6.42 Å². The predicted octanol–water partition coefficient (Wildman–Crippen LogP) is 4.23. The Kier molecular flexibility index (Phi) is 4.18. The average molecular weight is 294 g/mol. The molecular formula is C15H22N2S2. The summed E-state index contributed by atoms with van der Waals surface area (Å²) in [6.07, 6.45) is 5.00. The van der Waals surface area contributed by atoms with E-state index in [0.29, 0.717) is 12.1 Å². The van der Waals surface area contributed by atoms with Gasteiger partial charge in [-0.1, -0.05) is 25.6 Å². The highest BCUT2D eigenvalue weighted by Crippen LogP contribution is 2.36. The van der Waals surface area contributed by atoms with Crippen LogP contribution < -0.4 is 5.32 Å². The molecule has 2 nitrogen and oxygen atoms in total. The van der Waals surface area contributed by atoms with Crippen molar-refractivity contribution in [3.63, 3.8) is 0 Å². The summed E-state index contributed by atoms with van der Waals surface area (Å²) < 4.78 is 0. The lowest BCUT2D eigenvalue weighted by Crippen LogP contribution is -2.28. The second-order valence-corrected chi connectivity index (χ2v) is 7.93. The van der Waals surface area contributed by atoms with Crippen molar-refractivity contribution < 1.29 is 0 Å². The normalized spacial score (nSPS) is 28.7. The van der Waals surface area contributed by atoms with E-state index in [9.17, 15) is 0 Å². The highest BCUT2D eigenvalue weighted by molar-refractivity contribution is 8.14. The van der Waals surface area contributed by atoms with Crippen LogP contribution in [0.2, 0.25) is 0 Å². The average Bonchev–Trinajstić information content (AvgIpc) is 2.98. The monoisotopic (exact) mass is 294 g/mol. The Labute approximate surface area is 124 Å². The number of aliphatic imine (C=N–C) groups is 1. The van der Waals surface area contributed by atoms with Crippen molar-refractivity contribution in [1.82, 2.24) is 5.32 Å². The first-order valence-electron chi connectivity index (χ1n) is 7.26. The Morgan fingerprint density at radius 2 is 2.37 bits per heavy atom. The van der Waals surface area contributed by atoms with E-state index in [1.165, 1.54) is 42.2 Å². The summed E-state index contributed by atoms with van der Waals surface area (Å²) in [5.41, 5.74) is 1.48. The summed E-state index contributed by atoms with van der Waals surface area (Å²) in [7, 11) is 0. The zero-order valence-electron chi connectivity index (χ0n) is 11.7. The maximum absolute atomic E-state index is 4.98. The van der Waals surface area contributed by atoms with Crippen molar-refractivity contribution in [3.05, 3.63) is 21.9 Å². The van der Waals surface area contributed by atoms with Gasteiger partial charge in [0.2, 0.25) is 0 Å². The fourth-order valence-electron chi connectivity index (χ4n) is 2.95. The zero-order chi connectivity index (χ0) is 13.2. The fourth-order valence-corrected chi connectivity index (χ4v) is 4.96. The Bertz CT molecular complexity index is 464. The summed E-state index contributed by atoms with van der Waals surface area (Å²) in [5, 5.41) is 7.01. The van der Waals surface area contributed by atoms with Gasteiger partial charge < -0.3 is 5.32 Å². The van der Waals surface area contributed by atoms with E-state index in [-0.39, 0.29) is 0 Å². The van der Waals surface area contributed by atoms with E-state index >= 15 is 0 Å². The van der Waals surface area contributed by atoms with Crippen LogP contribution in [-0.4, -0.2) is 17.0 Å². The Balaban J connectivity index is 1.68. The Hall–Kier alpha value is -0.480. The number of amidine groups is 1. The summed E-state index contributed by atoms with van der Waals surface area (Å²) in [4.78, 5) is 6.54. The molecule has 104 valence electrons. The van der Waals surface area contributed by atoms with Crippen LogP contribution in [0.1, 0.15) is 49.6 Å². The van der Waals surface area contributed by atoms with Gasteiger partial charge in [-0.25, -0.2) is 0 Å². The summed E-state index contributed by atoms with van der Waals surface area (Å²) in [6, 6.07) is 3.30. The van der Waals surface area contributed by atoms with Crippen LogP contribution in [0.15, 0.2) is 16.4 Å². The lowest BCUT2D eigenvalue weighted by molar-refractivity contribution is 0.500. The quantitative estimate of drug-likeness (QED) is 0.902. The highest BCUT2D eigenvalue weighted by atomic mass is 32.2. The van der Waals surface area contributed by atoms with Crippen molar-refractivity contribution in [1.29, 1.82) is 0 Å². The second kappa shape index (κ2) is 5.88. The minimum atomic E-state index is 0.405. The van der Waals surface area contributed by atoms with E-state index in [4.69, 9.17) is 4.99 Å². The molecule has 1 fully saturated rings. The molecule has 0 aromatic carbocycles. The molecule has 1 aliphatic carbocycles. The molecule has 2 atom stereocenters. The van der Waals surface area contributed by atoms with Gasteiger partial charge in [0, 0.05) is 16.7 Å². The molecule has 0 amide bonds.